The Kier molecular flexibility index (Phi) is 3.97. The van der Waals surface area contributed by atoms with Crippen LogP contribution < -0.4 is 4.90 Å². The number of aliphatic hydroxyl groups excluding tert-OH is 1. The van der Waals surface area contributed by atoms with Crippen LogP contribution in [-0.2, 0) is 0 Å². The quantitative estimate of drug-likeness (QED) is 0.882. The molecule has 1 saturated heterocycles. The molecule has 1 heterocycles. The molecular weight excluding hydrogens is 253 g/mol. The van der Waals surface area contributed by atoms with Crippen molar-refractivity contribution in [3.63, 3.8) is 0 Å². The third kappa shape index (κ3) is 2.56. The molecule has 2 nitrogen and oxygen atoms in total. The number of fused-ring (bicyclic) bond motifs is 1. The van der Waals surface area contributed by atoms with Crippen molar-refractivity contribution in [3.05, 3.63) is 29.6 Å². The number of hydrogen-bond acceptors (Lipinski definition) is 2. The SMILES string of the molecule is CC(O)c1ccc(N2CCC[C@H]3CCCC[C@H]32)c(F)c1. The van der Waals surface area contributed by atoms with Gasteiger partial charge in [-0.05, 0) is 56.2 Å². The Morgan fingerprint density at radius 1 is 1.20 bits per heavy atom. The number of nitrogens with zero attached hydrogens (tertiary/aromatic N) is 1. The Bertz CT molecular complexity index is 472. The summed E-state index contributed by atoms with van der Waals surface area (Å²) in [4.78, 5) is 2.29. The Labute approximate surface area is 120 Å². The first kappa shape index (κ1) is 13.9. The lowest BCUT2D eigenvalue weighted by Crippen LogP contribution is -2.47. The van der Waals surface area contributed by atoms with Gasteiger partial charge in [0.25, 0.3) is 0 Å². The van der Waals surface area contributed by atoms with Crippen LogP contribution in [0.5, 0.6) is 0 Å². The molecule has 1 N–H and O–H groups in total. The van der Waals surface area contributed by atoms with Crippen LogP contribution >= 0.6 is 0 Å². The molecule has 1 unspecified atom stereocenters. The lowest BCUT2D eigenvalue weighted by molar-refractivity contribution is 0.198. The molecule has 20 heavy (non-hydrogen) atoms. The van der Waals surface area contributed by atoms with Crippen LogP contribution in [0.4, 0.5) is 10.1 Å². The third-order valence-electron chi connectivity index (χ3n) is 5.01. The highest BCUT2D eigenvalue weighted by Gasteiger charge is 2.34. The van der Waals surface area contributed by atoms with Crippen LogP contribution in [0.25, 0.3) is 0 Å². The summed E-state index contributed by atoms with van der Waals surface area (Å²) in [7, 11) is 0. The lowest BCUT2D eigenvalue weighted by atomic mass is 9.78. The standard InChI is InChI=1S/C17H24FNO/c1-12(20)14-8-9-17(15(18)11-14)19-10-4-6-13-5-2-3-7-16(13)19/h8-9,11-13,16,20H,2-7,10H2,1H3/t12?,13-,16-/m1/s1. The van der Waals surface area contributed by atoms with Gasteiger partial charge in [-0.15, -0.1) is 0 Å². The predicted octanol–water partition coefficient (Wildman–Crippen LogP) is 4.04. The van der Waals surface area contributed by atoms with Crippen molar-refractivity contribution in [2.75, 3.05) is 11.4 Å². The molecule has 3 heteroatoms. The van der Waals surface area contributed by atoms with Crippen LogP contribution in [0.15, 0.2) is 18.2 Å². The van der Waals surface area contributed by atoms with Gasteiger partial charge in [0.05, 0.1) is 11.8 Å². The minimum absolute atomic E-state index is 0.186. The summed E-state index contributed by atoms with van der Waals surface area (Å²) in [6.45, 7) is 2.64. The average molecular weight is 277 g/mol. The van der Waals surface area contributed by atoms with Gasteiger partial charge in [-0.25, -0.2) is 4.39 Å². The van der Waals surface area contributed by atoms with Gasteiger partial charge >= 0.3 is 0 Å². The summed E-state index contributed by atoms with van der Waals surface area (Å²) in [5, 5.41) is 9.56. The first-order valence-corrected chi connectivity index (χ1v) is 7.91. The highest BCUT2D eigenvalue weighted by atomic mass is 19.1. The van der Waals surface area contributed by atoms with Crippen molar-refractivity contribution >= 4 is 5.69 Å². The van der Waals surface area contributed by atoms with Crippen LogP contribution in [-0.4, -0.2) is 17.7 Å². The number of halogens is 1. The van der Waals surface area contributed by atoms with E-state index in [2.05, 4.69) is 4.90 Å². The molecule has 2 aliphatic rings. The van der Waals surface area contributed by atoms with E-state index in [0.29, 0.717) is 11.6 Å². The first-order valence-electron chi connectivity index (χ1n) is 7.91. The molecule has 1 aliphatic carbocycles. The van der Waals surface area contributed by atoms with Crippen molar-refractivity contribution < 1.29 is 9.50 Å². The maximum Gasteiger partial charge on any atom is 0.146 e. The number of hydrogen-bond donors (Lipinski definition) is 1. The normalized spacial score (nSPS) is 28.1. The average Bonchev–Trinajstić information content (AvgIpc) is 2.46. The molecule has 0 aromatic heterocycles. The summed E-state index contributed by atoms with van der Waals surface area (Å²) < 4.78 is 14.4. The molecule has 0 spiro atoms. The zero-order chi connectivity index (χ0) is 14.1. The summed E-state index contributed by atoms with van der Waals surface area (Å²) in [6, 6.07) is 5.72. The van der Waals surface area contributed by atoms with E-state index >= 15 is 0 Å². The van der Waals surface area contributed by atoms with Crippen molar-refractivity contribution in [1.82, 2.24) is 0 Å². The van der Waals surface area contributed by atoms with Crippen molar-refractivity contribution in [1.29, 1.82) is 0 Å². The zero-order valence-corrected chi connectivity index (χ0v) is 12.2. The van der Waals surface area contributed by atoms with Crippen LogP contribution in [0.1, 0.15) is 57.1 Å². The first-order chi connectivity index (χ1) is 9.66. The molecule has 2 fully saturated rings. The second-order valence-corrected chi connectivity index (χ2v) is 6.33. The van der Waals surface area contributed by atoms with E-state index in [0.717, 1.165) is 18.2 Å². The van der Waals surface area contributed by atoms with E-state index < -0.39 is 6.10 Å². The maximum atomic E-state index is 14.4. The number of piperidine rings is 1. The maximum absolute atomic E-state index is 14.4. The summed E-state index contributed by atoms with van der Waals surface area (Å²) >= 11 is 0. The van der Waals surface area contributed by atoms with Crippen molar-refractivity contribution in [2.24, 2.45) is 5.92 Å². The molecule has 3 rings (SSSR count). The number of rotatable bonds is 2. The molecule has 0 amide bonds. The number of aliphatic hydroxyl groups is 1. The van der Waals surface area contributed by atoms with E-state index in [1.54, 1.807) is 6.92 Å². The summed E-state index contributed by atoms with van der Waals surface area (Å²) in [5.41, 5.74) is 1.38. The number of benzene rings is 1. The zero-order valence-electron chi connectivity index (χ0n) is 12.2. The minimum Gasteiger partial charge on any atom is -0.389 e. The molecular formula is C17H24FNO. The fourth-order valence-electron chi connectivity index (χ4n) is 3.94. The largest absolute Gasteiger partial charge is 0.389 e. The van der Waals surface area contributed by atoms with Gasteiger partial charge in [-0.2, -0.15) is 0 Å². The van der Waals surface area contributed by atoms with Gasteiger partial charge in [-0.1, -0.05) is 18.9 Å². The highest BCUT2D eigenvalue weighted by molar-refractivity contribution is 5.51. The van der Waals surface area contributed by atoms with Gasteiger partial charge in [0.1, 0.15) is 5.82 Å². The van der Waals surface area contributed by atoms with Gasteiger partial charge in [0.2, 0.25) is 0 Å². The fourth-order valence-corrected chi connectivity index (χ4v) is 3.94. The molecule has 1 saturated carbocycles. The van der Waals surface area contributed by atoms with E-state index in [-0.39, 0.29) is 5.82 Å². The lowest BCUT2D eigenvalue weighted by Gasteiger charge is -2.45. The van der Waals surface area contributed by atoms with Crippen LogP contribution in [0.3, 0.4) is 0 Å². The topological polar surface area (TPSA) is 23.5 Å². The summed E-state index contributed by atoms with van der Waals surface area (Å²) in [6.07, 6.45) is 6.95. The van der Waals surface area contributed by atoms with Gasteiger partial charge in [0.15, 0.2) is 0 Å². The van der Waals surface area contributed by atoms with Crippen molar-refractivity contribution in [2.45, 2.75) is 57.6 Å². The van der Waals surface area contributed by atoms with E-state index in [9.17, 15) is 9.50 Å². The molecule has 110 valence electrons. The molecule has 0 bridgehead atoms. The highest BCUT2D eigenvalue weighted by Crippen LogP contribution is 2.38. The van der Waals surface area contributed by atoms with E-state index in [1.807, 2.05) is 12.1 Å². The Morgan fingerprint density at radius 2 is 1.95 bits per heavy atom. The minimum atomic E-state index is -0.609. The van der Waals surface area contributed by atoms with Gasteiger partial charge in [-0.3, -0.25) is 0 Å². The van der Waals surface area contributed by atoms with Crippen molar-refractivity contribution in [3.8, 4) is 0 Å². The second-order valence-electron chi connectivity index (χ2n) is 6.33. The molecule has 0 radical (unpaired) electrons. The predicted molar refractivity (Wildman–Crippen MR) is 79.4 cm³/mol. The van der Waals surface area contributed by atoms with E-state index in [1.165, 1.54) is 44.6 Å². The molecule has 3 atom stereocenters. The Balaban J connectivity index is 1.87. The monoisotopic (exact) mass is 277 g/mol. The molecule has 1 aliphatic heterocycles. The second kappa shape index (κ2) is 5.72. The van der Waals surface area contributed by atoms with Crippen LogP contribution in [0, 0.1) is 11.7 Å². The van der Waals surface area contributed by atoms with Gasteiger partial charge < -0.3 is 10.0 Å². The van der Waals surface area contributed by atoms with Gasteiger partial charge in [0, 0.05) is 12.6 Å². The molecule has 1 aromatic rings. The van der Waals surface area contributed by atoms with Crippen LogP contribution in [0.2, 0.25) is 0 Å². The summed E-state index contributed by atoms with van der Waals surface area (Å²) in [5.74, 6) is 0.558. The Morgan fingerprint density at radius 3 is 2.70 bits per heavy atom. The number of anilines is 1. The molecule has 1 aromatic carbocycles. The smallest absolute Gasteiger partial charge is 0.146 e. The third-order valence-corrected chi connectivity index (χ3v) is 5.01. The fraction of sp³-hybridized carbons (Fsp3) is 0.647. The van der Waals surface area contributed by atoms with E-state index in [4.69, 9.17) is 0 Å². The Hall–Kier alpha value is -1.09.